The molecule has 2 aromatic rings. The van der Waals surface area contributed by atoms with Gasteiger partial charge < -0.3 is 5.73 Å². The lowest BCUT2D eigenvalue weighted by Crippen LogP contribution is -2.21. The van der Waals surface area contributed by atoms with Crippen LogP contribution in [-0.2, 0) is 13.0 Å². The van der Waals surface area contributed by atoms with Crippen molar-refractivity contribution in [2.45, 2.75) is 32.4 Å². The van der Waals surface area contributed by atoms with Gasteiger partial charge in [0, 0.05) is 17.8 Å². The first-order valence-corrected chi connectivity index (χ1v) is 6.67. The highest BCUT2D eigenvalue weighted by Crippen LogP contribution is 2.18. The van der Waals surface area contributed by atoms with E-state index in [4.69, 9.17) is 17.3 Å². The third-order valence-electron chi connectivity index (χ3n) is 3.07. The Hall–Kier alpha value is -1.39. The van der Waals surface area contributed by atoms with Crippen molar-refractivity contribution in [3.8, 4) is 0 Å². The Morgan fingerprint density at radius 2 is 2.26 bits per heavy atom. The first-order valence-electron chi connectivity index (χ1n) is 6.30. The Balaban J connectivity index is 2.09. The van der Waals surface area contributed by atoms with Crippen molar-refractivity contribution in [1.82, 2.24) is 9.78 Å². The first kappa shape index (κ1) is 14.0. The largest absolute Gasteiger partial charge is 0.327 e. The predicted molar refractivity (Wildman–Crippen MR) is 74.7 cm³/mol. The molecule has 0 aliphatic rings. The average molecular weight is 282 g/mol. The third kappa shape index (κ3) is 3.55. The van der Waals surface area contributed by atoms with Gasteiger partial charge in [-0.25, -0.2) is 4.39 Å². The molecule has 0 bridgehead atoms. The molecule has 0 amide bonds. The fraction of sp³-hybridized carbons (Fsp3) is 0.357. The summed E-state index contributed by atoms with van der Waals surface area (Å²) in [6.07, 6.45) is 5.39. The summed E-state index contributed by atoms with van der Waals surface area (Å²) in [5.74, 6) is -0.383. The Kier molecular flexibility index (Phi) is 4.56. The number of nitrogens with zero attached hydrogens (tertiary/aromatic N) is 2. The summed E-state index contributed by atoms with van der Waals surface area (Å²) in [6, 6.07) is 5.12. The van der Waals surface area contributed by atoms with Gasteiger partial charge in [-0.1, -0.05) is 30.7 Å². The van der Waals surface area contributed by atoms with Crippen LogP contribution in [0.3, 0.4) is 0 Å². The van der Waals surface area contributed by atoms with E-state index >= 15 is 0 Å². The fourth-order valence-electron chi connectivity index (χ4n) is 1.89. The van der Waals surface area contributed by atoms with E-state index in [1.807, 2.05) is 6.20 Å². The smallest absolute Gasteiger partial charge is 0.146 e. The van der Waals surface area contributed by atoms with Gasteiger partial charge in [-0.2, -0.15) is 5.10 Å². The van der Waals surface area contributed by atoms with Crippen LogP contribution in [0.15, 0.2) is 30.6 Å². The molecule has 0 spiro atoms. The quantitative estimate of drug-likeness (QED) is 0.915. The van der Waals surface area contributed by atoms with Crippen molar-refractivity contribution >= 4 is 11.6 Å². The van der Waals surface area contributed by atoms with Gasteiger partial charge in [-0.3, -0.25) is 4.68 Å². The SMILES string of the molecule is CCC(N)Cc1cnn(Cc2cccc(Cl)c2F)c1. The maximum Gasteiger partial charge on any atom is 0.146 e. The van der Waals surface area contributed by atoms with Gasteiger partial charge >= 0.3 is 0 Å². The van der Waals surface area contributed by atoms with Crippen molar-refractivity contribution in [3.05, 3.63) is 52.6 Å². The van der Waals surface area contributed by atoms with Crippen LogP contribution in [0.4, 0.5) is 4.39 Å². The van der Waals surface area contributed by atoms with Gasteiger partial charge in [0.1, 0.15) is 5.82 Å². The van der Waals surface area contributed by atoms with Crippen LogP contribution in [0, 0.1) is 5.82 Å². The van der Waals surface area contributed by atoms with Crippen LogP contribution >= 0.6 is 11.6 Å². The number of hydrogen-bond acceptors (Lipinski definition) is 2. The van der Waals surface area contributed by atoms with Crippen LogP contribution in [0.5, 0.6) is 0 Å². The second-order valence-electron chi connectivity index (χ2n) is 4.63. The number of hydrogen-bond donors (Lipinski definition) is 1. The minimum absolute atomic E-state index is 0.137. The van der Waals surface area contributed by atoms with Gasteiger partial charge in [-0.05, 0) is 24.5 Å². The predicted octanol–water partition coefficient (Wildman–Crippen LogP) is 3.00. The standard InChI is InChI=1S/C14H17ClFN3/c1-2-12(17)6-10-7-18-19(8-10)9-11-4-3-5-13(15)14(11)16/h3-5,7-8,12H,2,6,9,17H2,1H3. The lowest BCUT2D eigenvalue weighted by atomic mass is 10.1. The average Bonchev–Trinajstić information content (AvgIpc) is 2.82. The molecule has 2 N–H and O–H groups in total. The Morgan fingerprint density at radius 3 is 3.00 bits per heavy atom. The minimum Gasteiger partial charge on any atom is -0.327 e. The summed E-state index contributed by atoms with van der Waals surface area (Å²) >= 11 is 5.75. The van der Waals surface area contributed by atoms with Gasteiger partial charge in [0.2, 0.25) is 0 Å². The Morgan fingerprint density at radius 1 is 1.47 bits per heavy atom. The molecule has 1 unspecified atom stereocenters. The van der Waals surface area contributed by atoms with Crippen LogP contribution in [0.2, 0.25) is 5.02 Å². The van der Waals surface area contributed by atoms with E-state index in [-0.39, 0.29) is 16.9 Å². The monoisotopic (exact) mass is 281 g/mol. The minimum atomic E-state index is -0.383. The van der Waals surface area contributed by atoms with E-state index in [0.717, 1.165) is 18.4 Å². The summed E-state index contributed by atoms with van der Waals surface area (Å²) in [7, 11) is 0. The summed E-state index contributed by atoms with van der Waals surface area (Å²) in [5.41, 5.74) is 7.49. The van der Waals surface area contributed by atoms with Crippen molar-refractivity contribution in [2.75, 3.05) is 0 Å². The van der Waals surface area contributed by atoms with Crippen molar-refractivity contribution in [2.24, 2.45) is 5.73 Å². The molecule has 102 valence electrons. The second-order valence-corrected chi connectivity index (χ2v) is 5.04. The van der Waals surface area contributed by atoms with Gasteiger partial charge in [0.05, 0.1) is 17.8 Å². The highest BCUT2D eigenvalue weighted by molar-refractivity contribution is 6.30. The maximum atomic E-state index is 13.8. The molecule has 5 heteroatoms. The zero-order valence-corrected chi connectivity index (χ0v) is 11.6. The van der Waals surface area contributed by atoms with E-state index in [9.17, 15) is 4.39 Å². The van der Waals surface area contributed by atoms with E-state index < -0.39 is 0 Å². The zero-order chi connectivity index (χ0) is 13.8. The van der Waals surface area contributed by atoms with Crippen molar-refractivity contribution in [3.63, 3.8) is 0 Å². The molecule has 0 aliphatic carbocycles. The molecule has 19 heavy (non-hydrogen) atoms. The molecule has 1 heterocycles. The molecule has 1 atom stereocenters. The van der Waals surface area contributed by atoms with E-state index in [2.05, 4.69) is 12.0 Å². The van der Waals surface area contributed by atoms with Gasteiger partial charge in [0.15, 0.2) is 0 Å². The molecule has 1 aromatic carbocycles. The summed E-state index contributed by atoms with van der Waals surface area (Å²) < 4.78 is 15.5. The van der Waals surface area contributed by atoms with Gasteiger partial charge in [-0.15, -0.1) is 0 Å². The zero-order valence-electron chi connectivity index (χ0n) is 10.8. The fourth-order valence-corrected chi connectivity index (χ4v) is 2.08. The Bertz CT molecular complexity index is 553. The van der Waals surface area contributed by atoms with Crippen molar-refractivity contribution < 1.29 is 4.39 Å². The van der Waals surface area contributed by atoms with E-state index in [0.29, 0.717) is 12.1 Å². The number of aromatic nitrogens is 2. The lowest BCUT2D eigenvalue weighted by molar-refractivity contribution is 0.585. The molecule has 3 nitrogen and oxygen atoms in total. The molecular weight excluding hydrogens is 265 g/mol. The van der Waals surface area contributed by atoms with Gasteiger partial charge in [0.25, 0.3) is 0 Å². The number of rotatable bonds is 5. The summed E-state index contributed by atoms with van der Waals surface area (Å²) in [5, 5.41) is 4.36. The van der Waals surface area contributed by atoms with Crippen LogP contribution in [0.25, 0.3) is 0 Å². The highest BCUT2D eigenvalue weighted by Gasteiger charge is 2.08. The number of halogens is 2. The second kappa shape index (κ2) is 6.17. The van der Waals surface area contributed by atoms with E-state index in [1.54, 1.807) is 23.0 Å². The summed E-state index contributed by atoms with van der Waals surface area (Å²) in [6.45, 7) is 2.42. The van der Waals surface area contributed by atoms with Crippen LogP contribution < -0.4 is 5.73 Å². The van der Waals surface area contributed by atoms with Crippen LogP contribution in [0.1, 0.15) is 24.5 Å². The Labute approximate surface area is 117 Å². The summed E-state index contributed by atoms with van der Waals surface area (Å²) in [4.78, 5) is 0. The highest BCUT2D eigenvalue weighted by atomic mass is 35.5. The third-order valence-corrected chi connectivity index (χ3v) is 3.36. The maximum absolute atomic E-state index is 13.8. The number of benzene rings is 1. The molecule has 1 aromatic heterocycles. The topological polar surface area (TPSA) is 43.8 Å². The molecular formula is C14H17ClFN3. The van der Waals surface area contributed by atoms with Crippen molar-refractivity contribution in [1.29, 1.82) is 0 Å². The normalized spacial score (nSPS) is 12.6. The van der Waals surface area contributed by atoms with E-state index in [1.165, 1.54) is 6.07 Å². The molecule has 0 radical (unpaired) electrons. The first-order chi connectivity index (χ1) is 9.10. The van der Waals surface area contributed by atoms with Crippen LogP contribution in [-0.4, -0.2) is 15.8 Å². The molecule has 2 rings (SSSR count). The molecule has 0 saturated heterocycles. The molecule has 0 saturated carbocycles. The molecule has 0 aliphatic heterocycles. The lowest BCUT2D eigenvalue weighted by Gasteiger charge is -2.06. The number of nitrogens with two attached hydrogens (primary N) is 1. The molecule has 0 fully saturated rings.